The van der Waals surface area contributed by atoms with Gasteiger partial charge in [0, 0.05) is 24.8 Å². The number of pyridine rings is 1. The van der Waals surface area contributed by atoms with Gasteiger partial charge < -0.3 is 0 Å². The summed E-state index contributed by atoms with van der Waals surface area (Å²) in [5.41, 5.74) is 1.06. The van der Waals surface area contributed by atoms with Crippen molar-refractivity contribution in [3.63, 3.8) is 0 Å². The van der Waals surface area contributed by atoms with E-state index in [1.54, 1.807) is 26.0 Å². The summed E-state index contributed by atoms with van der Waals surface area (Å²) < 4.78 is 41.8. The van der Waals surface area contributed by atoms with Crippen molar-refractivity contribution in [2.75, 3.05) is 6.54 Å². The van der Waals surface area contributed by atoms with E-state index in [1.807, 2.05) is 0 Å². The second-order valence-corrected chi connectivity index (χ2v) is 7.17. The van der Waals surface area contributed by atoms with Gasteiger partial charge >= 0.3 is 0 Å². The number of benzene rings is 1. The number of nitrogens with zero attached hydrogens (tertiary/aromatic N) is 5. The molecule has 0 saturated heterocycles. The molecule has 2 heterocycles. The lowest BCUT2D eigenvalue weighted by Gasteiger charge is -2.27. The molecule has 0 spiro atoms. The van der Waals surface area contributed by atoms with Crippen molar-refractivity contribution in [3.8, 4) is 0 Å². The quantitative estimate of drug-likeness (QED) is 0.704. The molecule has 0 bridgehead atoms. The van der Waals surface area contributed by atoms with Gasteiger partial charge in [0.15, 0.2) is 5.65 Å². The Morgan fingerprint density at radius 3 is 2.62 bits per heavy atom. The van der Waals surface area contributed by atoms with Crippen molar-refractivity contribution in [3.05, 3.63) is 54.0 Å². The smallest absolute Gasteiger partial charge is 0.207 e. The standard InChI is InChI=1S/C15H16FN5O2S/c1-3-21(11(2)12-4-6-13(16)7-5-12)24(22,23)14-8-9-20-15(10-14)17-18-19-20/h4-11H,3H2,1-2H3/t11-/m0/s1. The second-order valence-electron chi connectivity index (χ2n) is 5.28. The zero-order valence-electron chi connectivity index (χ0n) is 13.2. The van der Waals surface area contributed by atoms with E-state index in [0.29, 0.717) is 11.2 Å². The van der Waals surface area contributed by atoms with Crippen LogP contribution in [0.2, 0.25) is 0 Å². The highest BCUT2D eigenvalue weighted by Gasteiger charge is 2.29. The maximum absolute atomic E-state index is 13.1. The highest BCUT2D eigenvalue weighted by atomic mass is 32.2. The molecule has 0 amide bonds. The van der Waals surface area contributed by atoms with Crippen LogP contribution in [0.15, 0.2) is 47.5 Å². The first kappa shape index (κ1) is 16.5. The molecule has 24 heavy (non-hydrogen) atoms. The number of hydrogen-bond acceptors (Lipinski definition) is 5. The minimum atomic E-state index is -3.75. The fraction of sp³-hybridized carbons (Fsp3) is 0.267. The maximum atomic E-state index is 13.1. The molecule has 0 N–H and O–H groups in total. The zero-order valence-corrected chi connectivity index (χ0v) is 14.0. The van der Waals surface area contributed by atoms with Gasteiger partial charge in [-0.2, -0.15) is 4.31 Å². The fourth-order valence-electron chi connectivity index (χ4n) is 2.58. The third kappa shape index (κ3) is 2.87. The van der Waals surface area contributed by atoms with E-state index in [1.165, 1.54) is 39.3 Å². The molecular formula is C15H16FN5O2S. The number of halogens is 1. The number of aromatic nitrogens is 4. The lowest BCUT2D eigenvalue weighted by atomic mass is 10.1. The molecule has 1 aromatic carbocycles. The minimum Gasteiger partial charge on any atom is -0.207 e. The van der Waals surface area contributed by atoms with Gasteiger partial charge in [0.1, 0.15) is 5.82 Å². The van der Waals surface area contributed by atoms with Crippen molar-refractivity contribution in [2.45, 2.75) is 24.8 Å². The number of hydrogen-bond donors (Lipinski definition) is 0. The van der Waals surface area contributed by atoms with Crippen LogP contribution in [-0.4, -0.2) is 39.3 Å². The Morgan fingerprint density at radius 2 is 1.96 bits per heavy atom. The van der Waals surface area contributed by atoms with Crippen LogP contribution in [0, 0.1) is 5.82 Å². The van der Waals surface area contributed by atoms with Crippen LogP contribution in [-0.2, 0) is 10.0 Å². The largest absolute Gasteiger partial charge is 0.243 e. The van der Waals surface area contributed by atoms with Crippen LogP contribution in [0.4, 0.5) is 4.39 Å². The van der Waals surface area contributed by atoms with Gasteiger partial charge in [-0.1, -0.05) is 19.1 Å². The summed E-state index contributed by atoms with van der Waals surface area (Å²) in [6.07, 6.45) is 1.50. The van der Waals surface area contributed by atoms with Gasteiger partial charge in [0.25, 0.3) is 0 Å². The highest BCUT2D eigenvalue weighted by Crippen LogP contribution is 2.27. The van der Waals surface area contributed by atoms with Crippen LogP contribution in [0.1, 0.15) is 25.5 Å². The Labute approximate surface area is 138 Å². The first-order valence-electron chi connectivity index (χ1n) is 7.38. The molecule has 0 saturated carbocycles. The molecule has 0 aliphatic carbocycles. The predicted octanol–water partition coefficient (Wildman–Crippen LogP) is 2.04. The first-order chi connectivity index (χ1) is 11.4. The maximum Gasteiger partial charge on any atom is 0.243 e. The third-order valence-electron chi connectivity index (χ3n) is 3.87. The number of rotatable bonds is 5. The third-order valence-corrected chi connectivity index (χ3v) is 5.91. The zero-order chi connectivity index (χ0) is 17.3. The van der Waals surface area contributed by atoms with Crippen molar-refractivity contribution < 1.29 is 12.8 Å². The van der Waals surface area contributed by atoms with Crippen LogP contribution in [0.3, 0.4) is 0 Å². The van der Waals surface area contributed by atoms with Gasteiger partial charge in [-0.15, -0.1) is 5.10 Å². The average molecular weight is 349 g/mol. The van der Waals surface area contributed by atoms with E-state index in [0.717, 1.165) is 0 Å². The summed E-state index contributed by atoms with van der Waals surface area (Å²) in [7, 11) is -3.75. The topological polar surface area (TPSA) is 80.5 Å². The second kappa shape index (κ2) is 6.25. The van der Waals surface area contributed by atoms with E-state index in [4.69, 9.17) is 0 Å². The predicted molar refractivity (Wildman–Crippen MR) is 85.2 cm³/mol. The molecule has 2 aromatic heterocycles. The summed E-state index contributed by atoms with van der Waals surface area (Å²) in [6.45, 7) is 3.80. The van der Waals surface area contributed by atoms with E-state index in [9.17, 15) is 12.8 Å². The van der Waals surface area contributed by atoms with Crippen LogP contribution in [0.5, 0.6) is 0 Å². The van der Waals surface area contributed by atoms with Gasteiger partial charge in [-0.05, 0) is 41.1 Å². The van der Waals surface area contributed by atoms with Crippen molar-refractivity contribution >= 4 is 15.7 Å². The van der Waals surface area contributed by atoms with Crippen LogP contribution < -0.4 is 0 Å². The van der Waals surface area contributed by atoms with Crippen molar-refractivity contribution in [2.24, 2.45) is 0 Å². The van der Waals surface area contributed by atoms with Gasteiger partial charge in [0.2, 0.25) is 10.0 Å². The van der Waals surface area contributed by atoms with Crippen molar-refractivity contribution in [1.82, 2.24) is 24.3 Å². The number of sulfonamides is 1. The van der Waals surface area contributed by atoms with E-state index >= 15 is 0 Å². The highest BCUT2D eigenvalue weighted by molar-refractivity contribution is 7.89. The lowest BCUT2D eigenvalue weighted by molar-refractivity contribution is 0.357. The number of tetrazole rings is 1. The molecular weight excluding hydrogens is 333 g/mol. The summed E-state index contributed by atoms with van der Waals surface area (Å²) in [6, 6.07) is 8.26. The summed E-state index contributed by atoms with van der Waals surface area (Å²) >= 11 is 0. The monoisotopic (exact) mass is 349 g/mol. The van der Waals surface area contributed by atoms with Crippen LogP contribution in [0.25, 0.3) is 5.65 Å². The lowest BCUT2D eigenvalue weighted by Crippen LogP contribution is -2.33. The Bertz CT molecular complexity index is 955. The molecule has 3 rings (SSSR count). The van der Waals surface area contributed by atoms with E-state index in [-0.39, 0.29) is 17.3 Å². The Morgan fingerprint density at radius 1 is 1.25 bits per heavy atom. The molecule has 126 valence electrons. The summed E-state index contributed by atoms with van der Waals surface area (Å²) in [5.74, 6) is -0.360. The van der Waals surface area contributed by atoms with Crippen LogP contribution >= 0.6 is 0 Å². The fourth-order valence-corrected chi connectivity index (χ4v) is 4.21. The summed E-state index contributed by atoms with van der Waals surface area (Å²) in [5, 5.41) is 11.0. The Hall–Kier alpha value is -2.39. The van der Waals surface area contributed by atoms with Gasteiger partial charge in [-0.3, -0.25) is 0 Å². The molecule has 9 heteroatoms. The van der Waals surface area contributed by atoms with Crippen molar-refractivity contribution in [1.29, 1.82) is 0 Å². The van der Waals surface area contributed by atoms with Gasteiger partial charge in [0.05, 0.1) is 4.90 Å². The van der Waals surface area contributed by atoms with E-state index < -0.39 is 16.1 Å². The Balaban J connectivity index is 1.99. The van der Waals surface area contributed by atoms with Gasteiger partial charge in [-0.25, -0.2) is 17.3 Å². The molecule has 0 radical (unpaired) electrons. The first-order valence-corrected chi connectivity index (χ1v) is 8.82. The summed E-state index contributed by atoms with van der Waals surface area (Å²) in [4.78, 5) is 0.112. The molecule has 0 unspecified atom stereocenters. The molecule has 0 aliphatic rings. The molecule has 0 fully saturated rings. The normalized spacial score (nSPS) is 13.5. The Kier molecular flexibility index (Phi) is 4.29. The minimum absolute atomic E-state index is 0.112. The molecule has 0 aliphatic heterocycles. The van der Waals surface area contributed by atoms with E-state index in [2.05, 4.69) is 15.5 Å². The molecule has 3 aromatic rings. The molecule has 7 nitrogen and oxygen atoms in total. The molecule has 1 atom stereocenters. The number of fused-ring (bicyclic) bond motifs is 1. The average Bonchev–Trinajstić information content (AvgIpc) is 3.03. The SMILES string of the molecule is CCN([C@@H](C)c1ccc(F)cc1)S(=O)(=O)c1ccn2nnnc2c1.